The zero-order chi connectivity index (χ0) is 15.1. The summed E-state index contributed by atoms with van der Waals surface area (Å²) >= 11 is 0. The third-order valence-corrected chi connectivity index (χ3v) is 2.92. The first-order valence-electron chi connectivity index (χ1n) is 6.74. The highest BCUT2D eigenvalue weighted by atomic mass is 16.5. The van der Waals surface area contributed by atoms with E-state index in [1.165, 1.54) is 6.33 Å². The van der Waals surface area contributed by atoms with Crippen LogP contribution in [-0.4, -0.2) is 40.7 Å². The van der Waals surface area contributed by atoms with Crippen LogP contribution in [0.4, 0.5) is 0 Å². The number of nitrogens with one attached hydrogen (secondary N) is 1. The summed E-state index contributed by atoms with van der Waals surface area (Å²) in [5, 5.41) is 3.40. The van der Waals surface area contributed by atoms with Gasteiger partial charge in [0, 0.05) is 18.5 Å². The van der Waals surface area contributed by atoms with Crippen LogP contribution in [0.15, 0.2) is 24.8 Å². The molecule has 0 aromatic carbocycles. The highest BCUT2D eigenvalue weighted by Crippen LogP contribution is 2.26. The first-order chi connectivity index (χ1) is 10.3. The van der Waals surface area contributed by atoms with Gasteiger partial charge in [0.15, 0.2) is 0 Å². The van der Waals surface area contributed by atoms with E-state index in [1.807, 2.05) is 0 Å². The molecular weight excluding hydrogens is 270 g/mol. The molecule has 0 bridgehead atoms. The molecule has 112 valence electrons. The van der Waals surface area contributed by atoms with E-state index < -0.39 is 0 Å². The van der Waals surface area contributed by atoms with Crippen molar-refractivity contribution in [2.75, 3.05) is 20.8 Å². The molecule has 0 aliphatic heterocycles. The lowest BCUT2D eigenvalue weighted by molar-refractivity contribution is 0.379. The largest absolute Gasteiger partial charge is 0.481 e. The van der Waals surface area contributed by atoms with Crippen molar-refractivity contribution in [3.05, 3.63) is 36.2 Å². The number of hydrogen-bond donors (Lipinski definition) is 1. The minimum atomic E-state index is -0.231. The van der Waals surface area contributed by atoms with Gasteiger partial charge in [-0.05, 0) is 13.0 Å². The van der Waals surface area contributed by atoms with Gasteiger partial charge in [-0.3, -0.25) is 4.98 Å². The maximum absolute atomic E-state index is 5.30. The van der Waals surface area contributed by atoms with Gasteiger partial charge < -0.3 is 14.8 Å². The standard InChI is InChI=1S/C14H19N5O2/c1-4-5-15-12(10-8-11(20-2)19-9-18-10)13-14(21-3)17-7-6-16-13/h6-9,12,15H,4-5H2,1-3H3. The number of aromatic nitrogens is 4. The maximum atomic E-state index is 5.30. The Kier molecular flexibility index (Phi) is 5.39. The molecule has 0 fully saturated rings. The molecule has 0 radical (unpaired) electrons. The van der Waals surface area contributed by atoms with E-state index in [1.54, 1.807) is 32.7 Å². The fraction of sp³-hybridized carbons (Fsp3) is 0.429. The second kappa shape index (κ2) is 7.49. The van der Waals surface area contributed by atoms with E-state index in [2.05, 4.69) is 32.2 Å². The molecule has 2 aromatic heterocycles. The Bertz CT molecular complexity index is 579. The van der Waals surface area contributed by atoms with Gasteiger partial charge in [-0.1, -0.05) is 6.92 Å². The third-order valence-electron chi connectivity index (χ3n) is 2.92. The van der Waals surface area contributed by atoms with Crippen molar-refractivity contribution in [1.82, 2.24) is 25.3 Å². The predicted molar refractivity (Wildman–Crippen MR) is 77.3 cm³/mol. The van der Waals surface area contributed by atoms with Gasteiger partial charge in [-0.2, -0.15) is 0 Å². The molecule has 0 spiro atoms. The third kappa shape index (κ3) is 3.63. The molecular formula is C14H19N5O2. The Hall–Kier alpha value is -2.28. The molecule has 2 aromatic rings. The molecule has 1 atom stereocenters. The van der Waals surface area contributed by atoms with Crippen LogP contribution in [0, 0.1) is 0 Å². The number of hydrogen-bond acceptors (Lipinski definition) is 7. The summed E-state index contributed by atoms with van der Waals surface area (Å²) in [7, 11) is 3.15. The van der Waals surface area contributed by atoms with Crippen LogP contribution in [0.25, 0.3) is 0 Å². The lowest BCUT2D eigenvalue weighted by Gasteiger charge is -2.19. The highest BCUT2D eigenvalue weighted by Gasteiger charge is 2.22. The summed E-state index contributed by atoms with van der Waals surface area (Å²) in [5.41, 5.74) is 1.45. The first-order valence-corrected chi connectivity index (χ1v) is 6.74. The van der Waals surface area contributed by atoms with E-state index in [4.69, 9.17) is 9.47 Å². The van der Waals surface area contributed by atoms with Crippen molar-refractivity contribution >= 4 is 0 Å². The number of ether oxygens (including phenoxy) is 2. The number of rotatable bonds is 7. The van der Waals surface area contributed by atoms with Crippen molar-refractivity contribution in [3.63, 3.8) is 0 Å². The molecule has 0 saturated carbocycles. The smallest absolute Gasteiger partial charge is 0.237 e. The van der Waals surface area contributed by atoms with Crippen LogP contribution in [0.2, 0.25) is 0 Å². The summed E-state index contributed by atoms with van der Waals surface area (Å²) in [5.74, 6) is 0.981. The summed E-state index contributed by atoms with van der Waals surface area (Å²) in [6.07, 6.45) is 5.69. The minimum Gasteiger partial charge on any atom is -0.481 e. The van der Waals surface area contributed by atoms with Crippen LogP contribution in [-0.2, 0) is 0 Å². The fourth-order valence-electron chi connectivity index (χ4n) is 1.94. The highest BCUT2D eigenvalue weighted by molar-refractivity contribution is 5.30. The van der Waals surface area contributed by atoms with Gasteiger partial charge in [0.25, 0.3) is 0 Å². The second-order valence-corrected chi connectivity index (χ2v) is 4.32. The number of nitrogens with zero attached hydrogens (tertiary/aromatic N) is 4. The van der Waals surface area contributed by atoms with E-state index in [-0.39, 0.29) is 6.04 Å². The molecule has 1 N–H and O–H groups in total. The summed E-state index contributed by atoms with van der Waals surface area (Å²) in [6, 6.07) is 1.55. The molecule has 0 aliphatic carbocycles. The predicted octanol–water partition coefficient (Wildman–Crippen LogP) is 1.37. The lowest BCUT2D eigenvalue weighted by atomic mass is 10.1. The Morgan fingerprint density at radius 1 is 1.10 bits per heavy atom. The normalized spacial score (nSPS) is 12.0. The molecule has 2 rings (SSSR count). The average molecular weight is 289 g/mol. The zero-order valence-electron chi connectivity index (χ0n) is 12.4. The summed E-state index contributed by atoms with van der Waals surface area (Å²) in [6.45, 7) is 2.91. The monoisotopic (exact) mass is 289 g/mol. The van der Waals surface area contributed by atoms with Gasteiger partial charge in [0.2, 0.25) is 11.8 Å². The van der Waals surface area contributed by atoms with E-state index >= 15 is 0 Å². The molecule has 7 heteroatoms. The molecule has 7 nitrogen and oxygen atoms in total. The Labute approximate surface area is 123 Å². The zero-order valence-corrected chi connectivity index (χ0v) is 12.4. The van der Waals surface area contributed by atoms with Gasteiger partial charge in [0.05, 0.1) is 26.0 Å². The Balaban J connectivity index is 2.41. The molecule has 2 heterocycles. The van der Waals surface area contributed by atoms with E-state index in [9.17, 15) is 0 Å². The van der Waals surface area contributed by atoms with E-state index in [0.717, 1.165) is 18.7 Å². The van der Waals surface area contributed by atoms with Crippen molar-refractivity contribution in [3.8, 4) is 11.8 Å². The minimum absolute atomic E-state index is 0.231. The summed E-state index contributed by atoms with van der Waals surface area (Å²) < 4.78 is 10.5. The quantitative estimate of drug-likeness (QED) is 0.824. The SMILES string of the molecule is CCCNC(c1cc(OC)ncn1)c1nccnc1OC. The van der Waals surface area contributed by atoms with Gasteiger partial charge in [-0.15, -0.1) is 0 Å². The summed E-state index contributed by atoms with van der Waals surface area (Å²) in [4.78, 5) is 16.9. The van der Waals surface area contributed by atoms with Crippen molar-refractivity contribution in [2.45, 2.75) is 19.4 Å². The van der Waals surface area contributed by atoms with Gasteiger partial charge >= 0.3 is 0 Å². The van der Waals surface area contributed by atoms with Gasteiger partial charge in [0.1, 0.15) is 12.0 Å². The van der Waals surface area contributed by atoms with Crippen LogP contribution < -0.4 is 14.8 Å². The Morgan fingerprint density at radius 2 is 1.90 bits per heavy atom. The Morgan fingerprint density at radius 3 is 2.62 bits per heavy atom. The van der Waals surface area contributed by atoms with Crippen molar-refractivity contribution in [1.29, 1.82) is 0 Å². The average Bonchev–Trinajstić information content (AvgIpc) is 2.56. The van der Waals surface area contributed by atoms with Gasteiger partial charge in [-0.25, -0.2) is 15.0 Å². The molecule has 0 aliphatic rings. The van der Waals surface area contributed by atoms with Crippen LogP contribution in [0.5, 0.6) is 11.8 Å². The fourth-order valence-corrected chi connectivity index (χ4v) is 1.94. The molecule has 1 unspecified atom stereocenters. The van der Waals surface area contributed by atoms with Crippen LogP contribution in [0.3, 0.4) is 0 Å². The number of methoxy groups -OCH3 is 2. The second-order valence-electron chi connectivity index (χ2n) is 4.32. The first kappa shape index (κ1) is 15.1. The lowest BCUT2D eigenvalue weighted by Crippen LogP contribution is -2.26. The molecule has 21 heavy (non-hydrogen) atoms. The van der Waals surface area contributed by atoms with Crippen molar-refractivity contribution < 1.29 is 9.47 Å². The van der Waals surface area contributed by atoms with Crippen molar-refractivity contribution in [2.24, 2.45) is 0 Å². The van der Waals surface area contributed by atoms with Crippen LogP contribution in [0.1, 0.15) is 30.8 Å². The molecule has 0 amide bonds. The van der Waals surface area contributed by atoms with E-state index in [0.29, 0.717) is 17.5 Å². The molecule has 0 saturated heterocycles. The maximum Gasteiger partial charge on any atom is 0.237 e. The topological polar surface area (TPSA) is 82.0 Å². The van der Waals surface area contributed by atoms with Crippen LogP contribution >= 0.6 is 0 Å².